The minimum atomic E-state index is -4.35. The molecule has 2 heterocycles. The maximum atomic E-state index is 12.7. The first-order valence-corrected chi connectivity index (χ1v) is 10.3. The Morgan fingerprint density at radius 2 is 1.97 bits per heavy atom. The van der Waals surface area contributed by atoms with E-state index in [0.717, 1.165) is 34.2 Å². The van der Waals surface area contributed by atoms with Gasteiger partial charge in [-0.05, 0) is 35.4 Å². The maximum absolute atomic E-state index is 12.7. The molecule has 0 radical (unpaired) electrons. The summed E-state index contributed by atoms with van der Waals surface area (Å²) in [6.45, 7) is 0.397. The fraction of sp³-hybridized carbons (Fsp3) is 0.300. The lowest BCUT2D eigenvalue weighted by Gasteiger charge is -2.30. The average Bonchev–Trinajstić information content (AvgIpc) is 3.19. The van der Waals surface area contributed by atoms with E-state index in [0.29, 0.717) is 18.1 Å². The molecule has 1 aliphatic heterocycles. The Morgan fingerprint density at radius 1 is 1.17 bits per heavy atom. The molecule has 29 heavy (non-hydrogen) atoms. The lowest BCUT2D eigenvalue weighted by Crippen LogP contribution is -2.50. The number of alkyl halides is 3. The number of benzene rings is 2. The van der Waals surface area contributed by atoms with Crippen LogP contribution < -0.4 is 10.6 Å². The summed E-state index contributed by atoms with van der Waals surface area (Å²) in [5.74, 6) is 1.19. The van der Waals surface area contributed by atoms with E-state index >= 15 is 0 Å². The van der Waals surface area contributed by atoms with Crippen molar-refractivity contribution in [2.75, 3.05) is 11.5 Å². The second-order valence-electron chi connectivity index (χ2n) is 6.94. The van der Waals surface area contributed by atoms with E-state index in [4.69, 9.17) is 0 Å². The van der Waals surface area contributed by atoms with Gasteiger partial charge in [0.15, 0.2) is 0 Å². The summed E-state index contributed by atoms with van der Waals surface area (Å²) < 4.78 is 38.2. The smallest absolute Gasteiger partial charge is 0.351 e. The van der Waals surface area contributed by atoms with Crippen molar-refractivity contribution in [3.63, 3.8) is 0 Å². The van der Waals surface area contributed by atoms with Gasteiger partial charge in [-0.25, -0.2) is 0 Å². The maximum Gasteiger partial charge on any atom is 0.416 e. The van der Waals surface area contributed by atoms with Crippen LogP contribution in [0.1, 0.15) is 22.7 Å². The Hall–Kier alpha value is -2.52. The number of nitrogens with one attached hydrogen (secondary N) is 3. The Morgan fingerprint density at radius 3 is 2.72 bits per heavy atom. The average molecular weight is 420 g/mol. The van der Waals surface area contributed by atoms with Crippen LogP contribution in [-0.4, -0.2) is 33.7 Å². The van der Waals surface area contributed by atoms with E-state index in [-0.39, 0.29) is 11.9 Å². The number of halogens is 3. The number of nitrogens with zero attached hydrogens (tertiary/aromatic N) is 1. The number of hydrogen-bond acceptors (Lipinski definition) is 4. The first kappa shape index (κ1) is 19.8. The van der Waals surface area contributed by atoms with E-state index in [9.17, 15) is 18.0 Å². The quantitative estimate of drug-likeness (QED) is 0.603. The number of amides is 1. The molecule has 2 aromatic carbocycles. The van der Waals surface area contributed by atoms with E-state index < -0.39 is 17.8 Å². The minimum absolute atomic E-state index is 0.124. The Balaban J connectivity index is 1.36. The zero-order chi connectivity index (χ0) is 20.4. The molecular weight excluding hydrogens is 401 g/mol. The zero-order valence-corrected chi connectivity index (χ0v) is 16.1. The number of fused-ring (bicyclic) bond motifs is 1. The molecule has 0 saturated carbocycles. The molecule has 4 rings (SSSR count). The summed E-state index contributed by atoms with van der Waals surface area (Å²) in [7, 11) is 0. The lowest BCUT2D eigenvalue weighted by molar-refractivity contribution is -0.137. The fourth-order valence-electron chi connectivity index (χ4n) is 3.31. The van der Waals surface area contributed by atoms with Gasteiger partial charge in [0.1, 0.15) is 0 Å². The third kappa shape index (κ3) is 4.56. The van der Waals surface area contributed by atoms with Gasteiger partial charge in [-0.1, -0.05) is 18.2 Å². The summed E-state index contributed by atoms with van der Waals surface area (Å²) in [5.41, 5.74) is 1.97. The van der Waals surface area contributed by atoms with Crippen molar-refractivity contribution < 1.29 is 18.0 Å². The molecule has 5 nitrogen and oxygen atoms in total. The van der Waals surface area contributed by atoms with Gasteiger partial charge in [0.2, 0.25) is 5.91 Å². The number of H-pyrrole nitrogens is 1. The second-order valence-corrected chi connectivity index (χ2v) is 8.01. The van der Waals surface area contributed by atoms with E-state index in [2.05, 4.69) is 20.8 Å². The highest BCUT2D eigenvalue weighted by atomic mass is 32.2. The van der Waals surface area contributed by atoms with E-state index in [1.165, 1.54) is 12.1 Å². The van der Waals surface area contributed by atoms with Crippen LogP contribution in [0, 0.1) is 0 Å². The highest BCUT2D eigenvalue weighted by molar-refractivity contribution is 7.99. The topological polar surface area (TPSA) is 69.8 Å². The fourth-order valence-corrected chi connectivity index (χ4v) is 4.45. The van der Waals surface area contributed by atoms with Crippen LogP contribution in [0.15, 0.2) is 48.7 Å². The van der Waals surface area contributed by atoms with Gasteiger partial charge >= 0.3 is 6.18 Å². The van der Waals surface area contributed by atoms with Crippen molar-refractivity contribution >= 4 is 28.6 Å². The normalized spacial score (nSPS) is 20.0. The van der Waals surface area contributed by atoms with Crippen LogP contribution in [0.5, 0.6) is 0 Å². The molecule has 3 aromatic rings. The molecule has 3 N–H and O–H groups in total. The molecule has 2 atom stereocenters. The van der Waals surface area contributed by atoms with Crippen LogP contribution >= 0.6 is 11.8 Å². The molecule has 1 unspecified atom stereocenters. The van der Waals surface area contributed by atoms with Crippen molar-refractivity contribution in [3.05, 3.63) is 65.4 Å². The predicted molar refractivity (Wildman–Crippen MR) is 106 cm³/mol. The summed E-state index contributed by atoms with van der Waals surface area (Å²) >= 11 is 1.61. The molecule has 152 valence electrons. The van der Waals surface area contributed by atoms with E-state index in [1.54, 1.807) is 18.0 Å². The predicted octanol–water partition coefficient (Wildman–Crippen LogP) is 3.64. The SMILES string of the molecule is O=C(NCc1ccc2[nH]ncc2c1)[C@@H]1CSCC(c2ccc(C(F)(F)F)cc2)N1. The number of carbonyl (C=O) groups is 1. The molecule has 1 aliphatic rings. The van der Waals surface area contributed by atoms with Crippen molar-refractivity contribution in [1.82, 2.24) is 20.8 Å². The molecule has 0 spiro atoms. The van der Waals surface area contributed by atoms with Gasteiger partial charge in [-0.3, -0.25) is 15.2 Å². The van der Waals surface area contributed by atoms with Crippen molar-refractivity contribution in [2.24, 2.45) is 0 Å². The van der Waals surface area contributed by atoms with Gasteiger partial charge < -0.3 is 5.32 Å². The first-order chi connectivity index (χ1) is 13.9. The number of thioether (sulfide) groups is 1. The summed E-state index contributed by atoms with van der Waals surface area (Å²) in [6.07, 6.45) is -2.62. The van der Waals surface area contributed by atoms with Gasteiger partial charge in [0.25, 0.3) is 0 Å². The largest absolute Gasteiger partial charge is 0.416 e. The molecule has 1 fully saturated rings. The minimum Gasteiger partial charge on any atom is -0.351 e. The summed E-state index contributed by atoms with van der Waals surface area (Å²) in [6, 6.07) is 10.3. The van der Waals surface area contributed by atoms with Gasteiger partial charge in [0.05, 0.1) is 23.3 Å². The number of aromatic nitrogens is 2. The van der Waals surface area contributed by atoms with Gasteiger partial charge in [-0.2, -0.15) is 30.0 Å². The van der Waals surface area contributed by atoms with Gasteiger partial charge in [-0.15, -0.1) is 0 Å². The van der Waals surface area contributed by atoms with Crippen LogP contribution in [0.2, 0.25) is 0 Å². The number of aromatic amines is 1. The highest BCUT2D eigenvalue weighted by Gasteiger charge is 2.31. The van der Waals surface area contributed by atoms with Gasteiger partial charge in [0, 0.05) is 29.5 Å². The number of rotatable bonds is 4. The monoisotopic (exact) mass is 420 g/mol. The molecule has 1 saturated heterocycles. The standard InChI is InChI=1S/C20H19F3N4OS/c21-20(22,23)15-4-2-13(3-5-15)17-10-29-11-18(26-17)19(28)24-8-12-1-6-16-14(7-12)9-25-27-16/h1-7,9,17-18,26H,8,10-11H2,(H,24,28)(H,25,27)/t17?,18-/m0/s1. The zero-order valence-electron chi connectivity index (χ0n) is 15.3. The highest BCUT2D eigenvalue weighted by Crippen LogP contribution is 2.31. The number of hydrogen-bond donors (Lipinski definition) is 3. The van der Waals surface area contributed by atoms with Crippen molar-refractivity contribution in [2.45, 2.75) is 24.8 Å². The molecule has 1 aromatic heterocycles. The molecule has 9 heteroatoms. The third-order valence-electron chi connectivity index (χ3n) is 4.90. The van der Waals surface area contributed by atoms with Crippen LogP contribution in [-0.2, 0) is 17.5 Å². The Kier molecular flexibility index (Phi) is 5.51. The number of carbonyl (C=O) groups excluding carboxylic acids is 1. The second kappa shape index (κ2) is 8.08. The molecule has 0 aliphatic carbocycles. The molecular formula is C20H19F3N4OS. The first-order valence-electron chi connectivity index (χ1n) is 9.11. The Labute approximate surface area is 169 Å². The van der Waals surface area contributed by atoms with Crippen LogP contribution in [0.3, 0.4) is 0 Å². The Bertz CT molecular complexity index is 1000. The summed E-state index contributed by atoms with van der Waals surface area (Å²) in [4.78, 5) is 12.6. The lowest BCUT2D eigenvalue weighted by atomic mass is 10.0. The van der Waals surface area contributed by atoms with Crippen molar-refractivity contribution in [3.8, 4) is 0 Å². The van der Waals surface area contributed by atoms with E-state index in [1.807, 2.05) is 18.2 Å². The van der Waals surface area contributed by atoms with Crippen molar-refractivity contribution in [1.29, 1.82) is 0 Å². The molecule has 0 bridgehead atoms. The van der Waals surface area contributed by atoms with Crippen LogP contribution in [0.25, 0.3) is 10.9 Å². The summed E-state index contributed by atoms with van der Waals surface area (Å²) in [5, 5.41) is 14.0. The third-order valence-corrected chi connectivity index (χ3v) is 6.04. The molecule has 1 amide bonds. The van der Waals surface area contributed by atoms with Crippen LogP contribution in [0.4, 0.5) is 13.2 Å².